The first-order valence-corrected chi connectivity index (χ1v) is 7.04. The Kier molecular flexibility index (Phi) is 4.07. The number of ketones is 1. The number of nitrogen functional groups attached to an aromatic ring is 1. The fourth-order valence-electron chi connectivity index (χ4n) is 1.60. The van der Waals surface area contributed by atoms with Crippen LogP contribution in [0.15, 0.2) is 18.2 Å². The number of carbonyl (C=O) groups excluding carboxylic acids is 1. The van der Waals surface area contributed by atoms with Gasteiger partial charge >= 0.3 is 0 Å². The molecule has 2 rings (SSSR count). The number of halogens is 1. The van der Waals surface area contributed by atoms with Gasteiger partial charge in [0.25, 0.3) is 0 Å². The van der Waals surface area contributed by atoms with Crippen LogP contribution in [0.2, 0.25) is 5.02 Å². The second-order valence-corrected chi connectivity index (χ2v) is 5.45. The molecule has 0 saturated heterocycles. The molecule has 1 aromatic heterocycles. The number of hydrogen-bond acceptors (Lipinski definition) is 5. The third kappa shape index (κ3) is 2.88. The van der Waals surface area contributed by atoms with Crippen LogP contribution in [-0.2, 0) is 0 Å². The van der Waals surface area contributed by atoms with Gasteiger partial charge in [0.15, 0.2) is 10.9 Å². The topological polar surface area (TPSA) is 68.0 Å². The standard InChI is InChI=1S/C13H14ClN3OS/c1-3-10(18)11-12(15)17-13(19-11)16-9-6-4-5-8(14)7(9)2/h4-6H,3,15H2,1-2H3,(H,16,17). The summed E-state index contributed by atoms with van der Waals surface area (Å²) in [4.78, 5) is 16.3. The predicted octanol–water partition coefficient (Wildman–Crippen LogP) is 4.02. The number of benzene rings is 1. The maximum atomic E-state index is 11.7. The lowest BCUT2D eigenvalue weighted by Crippen LogP contribution is -1.98. The lowest BCUT2D eigenvalue weighted by atomic mass is 10.2. The summed E-state index contributed by atoms with van der Waals surface area (Å²) in [5.74, 6) is 0.282. The molecule has 1 heterocycles. The highest BCUT2D eigenvalue weighted by atomic mass is 35.5. The van der Waals surface area contributed by atoms with Crippen LogP contribution in [0, 0.1) is 6.92 Å². The van der Waals surface area contributed by atoms with E-state index in [-0.39, 0.29) is 11.6 Å². The van der Waals surface area contributed by atoms with Gasteiger partial charge in [-0.2, -0.15) is 0 Å². The molecular weight excluding hydrogens is 282 g/mol. The summed E-state index contributed by atoms with van der Waals surface area (Å²) in [5.41, 5.74) is 7.54. The smallest absolute Gasteiger partial charge is 0.189 e. The van der Waals surface area contributed by atoms with Crippen LogP contribution < -0.4 is 11.1 Å². The molecule has 0 amide bonds. The molecular formula is C13H14ClN3OS. The Labute approximate surface area is 120 Å². The van der Waals surface area contributed by atoms with Crippen LogP contribution in [-0.4, -0.2) is 10.8 Å². The SMILES string of the molecule is CCC(=O)c1sc(Nc2cccc(Cl)c2C)nc1N. The van der Waals surface area contributed by atoms with Crippen LogP contribution in [0.1, 0.15) is 28.6 Å². The van der Waals surface area contributed by atoms with E-state index in [0.717, 1.165) is 11.3 Å². The quantitative estimate of drug-likeness (QED) is 0.836. The van der Waals surface area contributed by atoms with E-state index in [1.165, 1.54) is 11.3 Å². The summed E-state index contributed by atoms with van der Waals surface area (Å²) in [7, 11) is 0. The first kappa shape index (κ1) is 13.8. The molecule has 0 bridgehead atoms. The van der Waals surface area contributed by atoms with Gasteiger partial charge in [0.2, 0.25) is 0 Å². The molecule has 0 aliphatic heterocycles. The Bertz CT molecular complexity index is 624. The number of thiazole rings is 1. The van der Waals surface area contributed by atoms with Crippen molar-refractivity contribution in [3.05, 3.63) is 33.7 Å². The van der Waals surface area contributed by atoms with E-state index in [0.29, 0.717) is 21.5 Å². The molecule has 4 nitrogen and oxygen atoms in total. The summed E-state index contributed by atoms with van der Waals surface area (Å²) in [6.07, 6.45) is 0.419. The minimum Gasteiger partial charge on any atom is -0.382 e. The van der Waals surface area contributed by atoms with Crippen molar-refractivity contribution in [1.82, 2.24) is 4.98 Å². The van der Waals surface area contributed by atoms with E-state index < -0.39 is 0 Å². The second-order valence-electron chi connectivity index (χ2n) is 4.05. The van der Waals surface area contributed by atoms with Crippen LogP contribution in [0.4, 0.5) is 16.6 Å². The summed E-state index contributed by atoms with van der Waals surface area (Å²) in [6.45, 7) is 3.72. The Hall–Kier alpha value is -1.59. The highest BCUT2D eigenvalue weighted by Crippen LogP contribution is 2.31. The molecule has 0 fully saturated rings. The maximum Gasteiger partial charge on any atom is 0.189 e. The van der Waals surface area contributed by atoms with Crippen molar-refractivity contribution < 1.29 is 4.79 Å². The number of nitrogens with one attached hydrogen (secondary N) is 1. The van der Waals surface area contributed by atoms with Crippen molar-refractivity contribution in [3.8, 4) is 0 Å². The monoisotopic (exact) mass is 295 g/mol. The van der Waals surface area contributed by atoms with Gasteiger partial charge in [-0.1, -0.05) is 35.9 Å². The number of carbonyl (C=O) groups is 1. The van der Waals surface area contributed by atoms with Gasteiger partial charge in [-0.25, -0.2) is 4.98 Å². The molecule has 0 aliphatic carbocycles. The van der Waals surface area contributed by atoms with Gasteiger partial charge in [0.05, 0.1) is 0 Å². The Morgan fingerprint density at radius 2 is 2.26 bits per heavy atom. The molecule has 0 spiro atoms. The molecule has 0 atom stereocenters. The third-order valence-corrected chi connectivity index (χ3v) is 4.17. The molecule has 0 saturated carbocycles. The van der Waals surface area contributed by atoms with E-state index in [1.54, 1.807) is 6.92 Å². The fraction of sp³-hybridized carbons (Fsp3) is 0.231. The normalized spacial score (nSPS) is 10.5. The highest BCUT2D eigenvalue weighted by Gasteiger charge is 2.15. The van der Waals surface area contributed by atoms with Crippen molar-refractivity contribution in [2.24, 2.45) is 0 Å². The maximum absolute atomic E-state index is 11.7. The summed E-state index contributed by atoms with van der Waals surface area (Å²) >= 11 is 7.32. The Morgan fingerprint density at radius 1 is 1.53 bits per heavy atom. The summed E-state index contributed by atoms with van der Waals surface area (Å²) < 4.78 is 0. The number of anilines is 3. The van der Waals surface area contributed by atoms with Crippen LogP contribution in [0.5, 0.6) is 0 Å². The second kappa shape index (κ2) is 5.59. The van der Waals surface area contributed by atoms with E-state index in [2.05, 4.69) is 10.3 Å². The number of nitrogens with two attached hydrogens (primary N) is 1. The van der Waals surface area contributed by atoms with Crippen molar-refractivity contribution in [1.29, 1.82) is 0 Å². The molecule has 6 heteroatoms. The molecule has 0 unspecified atom stereocenters. The minimum atomic E-state index is 0.00543. The number of Topliss-reactive ketones (excluding diaryl/α,β-unsaturated/α-hetero) is 1. The van der Waals surface area contributed by atoms with Crippen molar-refractivity contribution in [2.75, 3.05) is 11.1 Å². The van der Waals surface area contributed by atoms with Crippen LogP contribution >= 0.6 is 22.9 Å². The van der Waals surface area contributed by atoms with E-state index >= 15 is 0 Å². The van der Waals surface area contributed by atoms with Crippen molar-refractivity contribution >= 4 is 45.4 Å². The van der Waals surface area contributed by atoms with Gasteiger partial charge in [-0.05, 0) is 24.6 Å². The average Bonchev–Trinajstić information content (AvgIpc) is 2.75. The number of rotatable bonds is 4. The molecule has 19 heavy (non-hydrogen) atoms. The average molecular weight is 296 g/mol. The van der Waals surface area contributed by atoms with Gasteiger partial charge in [0.1, 0.15) is 10.7 Å². The largest absolute Gasteiger partial charge is 0.382 e. The van der Waals surface area contributed by atoms with E-state index in [1.807, 2.05) is 25.1 Å². The van der Waals surface area contributed by atoms with Gasteiger partial charge < -0.3 is 11.1 Å². The van der Waals surface area contributed by atoms with Gasteiger partial charge in [-0.3, -0.25) is 4.79 Å². The molecule has 0 radical (unpaired) electrons. The van der Waals surface area contributed by atoms with Crippen molar-refractivity contribution in [2.45, 2.75) is 20.3 Å². The van der Waals surface area contributed by atoms with Gasteiger partial charge in [0, 0.05) is 17.1 Å². The summed E-state index contributed by atoms with van der Waals surface area (Å²) in [5, 5.41) is 4.42. The molecule has 100 valence electrons. The van der Waals surface area contributed by atoms with Gasteiger partial charge in [-0.15, -0.1) is 0 Å². The number of aromatic nitrogens is 1. The minimum absolute atomic E-state index is 0.00543. The zero-order chi connectivity index (χ0) is 14.0. The highest BCUT2D eigenvalue weighted by molar-refractivity contribution is 7.18. The number of nitrogens with zero attached hydrogens (tertiary/aromatic N) is 1. The van der Waals surface area contributed by atoms with Crippen LogP contribution in [0.3, 0.4) is 0 Å². The summed E-state index contributed by atoms with van der Waals surface area (Å²) in [6, 6.07) is 5.58. The van der Waals surface area contributed by atoms with Crippen molar-refractivity contribution in [3.63, 3.8) is 0 Å². The lowest BCUT2D eigenvalue weighted by molar-refractivity contribution is 0.0992. The van der Waals surface area contributed by atoms with Crippen LogP contribution in [0.25, 0.3) is 0 Å². The Balaban J connectivity index is 2.29. The molecule has 2 aromatic rings. The fourth-order valence-corrected chi connectivity index (χ4v) is 2.69. The Morgan fingerprint density at radius 3 is 2.95 bits per heavy atom. The lowest BCUT2D eigenvalue weighted by Gasteiger charge is -2.07. The number of hydrogen-bond donors (Lipinski definition) is 2. The zero-order valence-electron chi connectivity index (χ0n) is 10.7. The first-order chi connectivity index (χ1) is 9.02. The van der Waals surface area contributed by atoms with E-state index in [9.17, 15) is 4.79 Å². The first-order valence-electron chi connectivity index (χ1n) is 5.84. The molecule has 3 N–H and O–H groups in total. The zero-order valence-corrected chi connectivity index (χ0v) is 12.2. The molecule has 1 aromatic carbocycles. The van der Waals surface area contributed by atoms with E-state index in [4.69, 9.17) is 17.3 Å². The third-order valence-electron chi connectivity index (χ3n) is 2.74. The molecule has 0 aliphatic rings. The predicted molar refractivity (Wildman–Crippen MR) is 80.6 cm³/mol.